The molecule has 9 nitrogen and oxygen atoms in total. The van der Waals surface area contributed by atoms with Gasteiger partial charge in [0, 0.05) is 39.6 Å². The van der Waals surface area contributed by atoms with E-state index in [1.54, 1.807) is 0 Å². The van der Waals surface area contributed by atoms with Crippen LogP contribution in [0.15, 0.2) is 46.7 Å². The fourth-order valence-corrected chi connectivity index (χ4v) is 7.61. The number of hydrogen-bond acceptors (Lipinski definition) is 8. The lowest BCUT2D eigenvalue weighted by atomic mass is 9.82. The van der Waals surface area contributed by atoms with Crippen LogP contribution < -0.4 is 14.9 Å². The molecule has 0 radical (unpaired) electrons. The zero-order chi connectivity index (χ0) is 29.4. The highest BCUT2D eigenvalue weighted by atomic mass is 32.2. The summed E-state index contributed by atoms with van der Waals surface area (Å²) in [6.45, 7) is 1.06. The molecule has 1 aliphatic rings. The van der Waals surface area contributed by atoms with Crippen molar-refractivity contribution in [1.29, 1.82) is 0 Å². The minimum atomic E-state index is -4.57. The first-order valence-corrected chi connectivity index (χ1v) is 15.6. The average Bonchev–Trinajstić information content (AvgIpc) is 3.58. The Balaban J connectivity index is 1.13. The number of thiophene rings is 1. The molecule has 0 aliphatic heterocycles. The molecule has 2 N–H and O–H groups in total. The molecule has 1 saturated carbocycles. The molecule has 4 aromatic rings. The fourth-order valence-electron chi connectivity index (χ4n) is 5.09. The molecule has 5 rings (SSSR count). The summed E-state index contributed by atoms with van der Waals surface area (Å²) in [4.78, 5) is 11.7. The molecular formula is C27H32F3N7O2S2. The van der Waals surface area contributed by atoms with Gasteiger partial charge in [0.15, 0.2) is 5.69 Å². The number of aryl methyl sites for hydroxylation is 1. The summed E-state index contributed by atoms with van der Waals surface area (Å²) in [5, 5.41) is 7.90. The van der Waals surface area contributed by atoms with Crippen LogP contribution in [-0.4, -0.2) is 55.4 Å². The summed E-state index contributed by atoms with van der Waals surface area (Å²) in [5.41, 5.74) is 0.0801. The van der Waals surface area contributed by atoms with Crippen LogP contribution >= 0.6 is 11.3 Å². The molecule has 1 aliphatic carbocycles. The molecule has 1 fully saturated rings. The number of hydrogen-bond donors (Lipinski definition) is 2. The molecule has 14 heteroatoms. The third-order valence-corrected chi connectivity index (χ3v) is 10.4. The van der Waals surface area contributed by atoms with Crippen molar-refractivity contribution in [2.24, 2.45) is 18.9 Å². The number of nitrogens with zero attached hydrogens (tertiary/aromatic N) is 5. The van der Waals surface area contributed by atoms with Crippen LogP contribution in [0.25, 0.3) is 21.5 Å². The van der Waals surface area contributed by atoms with Crippen molar-refractivity contribution in [3.63, 3.8) is 0 Å². The second-order valence-corrected chi connectivity index (χ2v) is 13.6. The van der Waals surface area contributed by atoms with E-state index in [4.69, 9.17) is 4.98 Å². The maximum atomic E-state index is 13.0. The maximum absolute atomic E-state index is 13.0. The Bertz CT molecular complexity index is 1630. The summed E-state index contributed by atoms with van der Waals surface area (Å²) in [6.07, 6.45) is -0.876. The molecular weight excluding hydrogens is 575 g/mol. The summed E-state index contributed by atoms with van der Waals surface area (Å²) < 4.78 is 68.8. The number of rotatable bonds is 9. The molecule has 41 heavy (non-hydrogen) atoms. The van der Waals surface area contributed by atoms with Gasteiger partial charge in [0.25, 0.3) is 0 Å². The Morgan fingerprint density at radius 3 is 2.37 bits per heavy atom. The van der Waals surface area contributed by atoms with Gasteiger partial charge >= 0.3 is 6.18 Å². The Kier molecular flexibility index (Phi) is 8.26. The van der Waals surface area contributed by atoms with E-state index in [0.29, 0.717) is 23.3 Å². The molecule has 0 saturated heterocycles. The average molecular weight is 608 g/mol. The number of fused-ring (bicyclic) bond motifs is 1. The van der Waals surface area contributed by atoms with Crippen molar-refractivity contribution >= 4 is 44.0 Å². The quantitative estimate of drug-likeness (QED) is 0.264. The van der Waals surface area contributed by atoms with Crippen molar-refractivity contribution in [2.75, 3.05) is 37.4 Å². The summed E-state index contributed by atoms with van der Waals surface area (Å²) in [7, 11) is 1.53. The molecule has 0 spiro atoms. The number of nitrogens with one attached hydrogen (secondary N) is 2. The molecule has 0 atom stereocenters. The first kappa shape index (κ1) is 29.3. The first-order chi connectivity index (χ1) is 19.4. The highest BCUT2D eigenvalue weighted by molar-refractivity contribution is 7.91. The molecule has 3 heterocycles. The third kappa shape index (κ3) is 6.65. The van der Waals surface area contributed by atoms with E-state index in [1.807, 2.05) is 43.3 Å². The second-order valence-electron chi connectivity index (χ2n) is 10.6. The molecule has 1 aromatic carbocycles. The van der Waals surface area contributed by atoms with Crippen LogP contribution in [0.4, 0.5) is 24.9 Å². The van der Waals surface area contributed by atoms with Crippen molar-refractivity contribution in [3.8, 4) is 10.6 Å². The van der Waals surface area contributed by atoms with Gasteiger partial charge in [-0.25, -0.2) is 18.1 Å². The van der Waals surface area contributed by atoms with E-state index >= 15 is 0 Å². The van der Waals surface area contributed by atoms with Crippen LogP contribution in [0.3, 0.4) is 0 Å². The lowest BCUT2D eigenvalue weighted by molar-refractivity contribution is -0.141. The van der Waals surface area contributed by atoms with Crippen LogP contribution in [-0.2, 0) is 23.2 Å². The molecule has 220 valence electrons. The van der Waals surface area contributed by atoms with E-state index in [0.717, 1.165) is 71.0 Å². The largest absolute Gasteiger partial charge is 0.435 e. The minimum absolute atomic E-state index is 0.0626. The topological polar surface area (TPSA) is 105 Å². The highest BCUT2D eigenvalue weighted by Gasteiger charge is 2.35. The molecule has 3 aromatic heterocycles. The van der Waals surface area contributed by atoms with Gasteiger partial charge in [0.1, 0.15) is 10.0 Å². The molecule has 0 bridgehead atoms. The van der Waals surface area contributed by atoms with Gasteiger partial charge in [0.05, 0.1) is 16.1 Å². The van der Waals surface area contributed by atoms with Gasteiger partial charge in [-0.2, -0.15) is 23.3 Å². The predicted molar refractivity (Wildman–Crippen MR) is 155 cm³/mol. The summed E-state index contributed by atoms with van der Waals surface area (Å²) in [5.74, 6) is 2.10. The zero-order valence-electron chi connectivity index (χ0n) is 22.9. The maximum Gasteiger partial charge on any atom is 0.435 e. The number of anilines is 2. The number of para-hydroxylation sites is 1. The fraction of sp³-hybridized carbons (Fsp3) is 0.444. The lowest BCUT2D eigenvalue weighted by Gasteiger charge is -2.28. The van der Waals surface area contributed by atoms with Gasteiger partial charge < -0.3 is 10.2 Å². The number of halogens is 3. The van der Waals surface area contributed by atoms with Gasteiger partial charge in [-0.15, -0.1) is 11.3 Å². The Labute approximate surface area is 240 Å². The Hall–Kier alpha value is -3.23. The van der Waals surface area contributed by atoms with E-state index in [-0.39, 0.29) is 15.8 Å². The van der Waals surface area contributed by atoms with Crippen molar-refractivity contribution in [3.05, 3.63) is 48.2 Å². The van der Waals surface area contributed by atoms with Crippen molar-refractivity contribution < 1.29 is 21.6 Å². The monoisotopic (exact) mass is 607 g/mol. The first-order valence-electron chi connectivity index (χ1n) is 13.3. The van der Waals surface area contributed by atoms with Crippen molar-refractivity contribution in [2.45, 2.75) is 36.1 Å². The van der Waals surface area contributed by atoms with Crippen LogP contribution in [0.5, 0.6) is 0 Å². The van der Waals surface area contributed by atoms with Gasteiger partial charge in [-0.1, -0.05) is 12.1 Å². The van der Waals surface area contributed by atoms with Crippen LogP contribution in [0.1, 0.15) is 31.4 Å². The van der Waals surface area contributed by atoms with E-state index < -0.39 is 21.9 Å². The third-order valence-electron chi connectivity index (χ3n) is 7.35. The lowest BCUT2D eigenvalue weighted by Crippen LogP contribution is -2.32. The number of aromatic nitrogens is 4. The zero-order valence-corrected chi connectivity index (χ0v) is 24.6. The van der Waals surface area contributed by atoms with Gasteiger partial charge in [-0.05, 0) is 67.9 Å². The second kappa shape index (κ2) is 11.6. The van der Waals surface area contributed by atoms with E-state index in [2.05, 4.69) is 20.1 Å². The number of benzene rings is 1. The molecule has 0 unspecified atom stereocenters. The Morgan fingerprint density at radius 2 is 1.71 bits per heavy atom. The number of alkyl halides is 3. The summed E-state index contributed by atoms with van der Waals surface area (Å²) >= 11 is 0.924. The molecule has 0 amide bonds. The summed E-state index contributed by atoms with van der Waals surface area (Å²) in [6, 6.07) is 11.8. The van der Waals surface area contributed by atoms with Crippen LogP contribution in [0, 0.1) is 11.8 Å². The Morgan fingerprint density at radius 1 is 1.02 bits per heavy atom. The smallest absolute Gasteiger partial charge is 0.362 e. The van der Waals surface area contributed by atoms with Gasteiger partial charge in [0.2, 0.25) is 16.0 Å². The SMILES string of the molecule is CN(C)c1nc(NC[C@H]2CC[C@H](CNS(=O)(=O)c3ccc(-c4cc(C(F)(F)F)nn4C)s3)CC2)nc2ccccc12. The normalized spacial score (nSPS) is 18.1. The minimum Gasteiger partial charge on any atom is -0.362 e. The number of sulfonamides is 1. The van der Waals surface area contributed by atoms with E-state index in [1.165, 1.54) is 19.2 Å². The van der Waals surface area contributed by atoms with E-state index in [9.17, 15) is 21.6 Å². The highest BCUT2D eigenvalue weighted by Crippen LogP contribution is 2.35. The van der Waals surface area contributed by atoms with Crippen LogP contribution in [0.2, 0.25) is 0 Å². The predicted octanol–water partition coefficient (Wildman–Crippen LogP) is 5.37. The van der Waals surface area contributed by atoms with Gasteiger partial charge in [-0.3, -0.25) is 4.68 Å². The van der Waals surface area contributed by atoms with Crippen molar-refractivity contribution in [1.82, 2.24) is 24.5 Å². The standard InChI is InChI=1S/C27H32F3N7O2S2/c1-36(2)25-19-6-4-5-7-20(19)33-26(34-25)31-15-17-8-10-18(11-9-17)16-32-41(38,39)24-13-12-22(40-24)21-14-23(27(28,29)30)35-37(21)3/h4-7,12-14,17-18,32H,8-11,15-16H2,1-3H3,(H,31,33,34)/t17-,18-.